The Labute approximate surface area is 86.8 Å². The second kappa shape index (κ2) is 4.45. The van der Waals surface area contributed by atoms with Crippen molar-refractivity contribution >= 4 is 5.69 Å². The van der Waals surface area contributed by atoms with Crippen molar-refractivity contribution < 1.29 is 0 Å². The second-order valence-electron chi connectivity index (χ2n) is 3.98. The molecule has 0 saturated carbocycles. The molecule has 0 aliphatic carbocycles. The van der Waals surface area contributed by atoms with Gasteiger partial charge in [-0.25, -0.2) is 0 Å². The van der Waals surface area contributed by atoms with E-state index < -0.39 is 0 Å². The van der Waals surface area contributed by atoms with Crippen LogP contribution < -0.4 is 5.32 Å². The van der Waals surface area contributed by atoms with Gasteiger partial charge in [0.15, 0.2) is 0 Å². The van der Waals surface area contributed by atoms with Crippen molar-refractivity contribution in [3.05, 3.63) is 23.0 Å². The van der Waals surface area contributed by atoms with Gasteiger partial charge in [-0.15, -0.1) is 0 Å². The predicted octanol–water partition coefficient (Wildman–Crippen LogP) is 3.25. The number of hydrogen-bond acceptors (Lipinski definition) is 2. The first-order chi connectivity index (χ1) is 6.57. The van der Waals surface area contributed by atoms with Gasteiger partial charge in [0.1, 0.15) is 0 Å². The Balaban J connectivity index is 3.19. The molecule has 1 aromatic heterocycles. The zero-order chi connectivity index (χ0) is 10.7. The maximum atomic E-state index is 4.42. The van der Waals surface area contributed by atoms with Crippen molar-refractivity contribution in [1.82, 2.24) is 4.98 Å². The zero-order valence-electron chi connectivity index (χ0n) is 9.81. The van der Waals surface area contributed by atoms with E-state index in [2.05, 4.69) is 44.9 Å². The van der Waals surface area contributed by atoms with Gasteiger partial charge in [-0.1, -0.05) is 13.8 Å². The summed E-state index contributed by atoms with van der Waals surface area (Å²) in [5.74, 6) is 0.542. The van der Waals surface area contributed by atoms with Gasteiger partial charge >= 0.3 is 0 Å². The molecular weight excluding hydrogens is 172 g/mol. The lowest BCUT2D eigenvalue weighted by atomic mass is 9.98. The van der Waals surface area contributed by atoms with E-state index in [1.54, 1.807) is 0 Å². The van der Waals surface area contributed by atoms with Gasteiger partial charge in [-0.2, -0.15) is 0 Å². The van der Waals surface area contributed by atoms with Gasteiger partial charge in [-0.3, -0.25) is 4.98 Å². The van der Waals surface area contributed by atoms with E-state index in [1.807, 2.05) is 6.20 Å². The van der Waals surface area contributed by atoms with E-state index in [0.29, 0.717) is 5.92 Å². The summed E-state index contributed by atoms with van der Waals surface area (Å²) in [5.41, 5.74) is 4.98. The lowest BCUT2D eigenvalue weighted by Crippen LogP contribution is -2.06. The van der Waals surface area contributed by atoms with Crippen LogP contribution in [0.25, 0.3) is 0 Å². The number of nitrogens with zero attached hydrogens (tertiary/aromatic N) is 1. The largest absolute Gasteiger partial charge is 0.384 e. The van der Waals surface area contributed by atoms with Crippen LogP contribution in [0.3, 0.4) is 0 Å². The summed E-state index contributed by atoms with van der Waals surface area (Å²) in [5, 5.41) is 3.38. The maximum Gasteiger partial charge on any atom is 0.0606 e. The average molecular weight is 192 g/mol. The summed E-state index contributed by atoms with van der Waals surface area (Å²) in [6, 6.07) is 0. The van der Waals surface area contributed by atoms with Crippen LogP contribution in [-0.2, 0) is 0 Å². The Kier molecular flexibility index (Phi) is 3.50. The fourth-order valence-electron chi connectivity index (χ4n) is 1.76. The van der Waals surface area contributed by atoms with Gasteiger partial charge in [0, 0.05) is 12.7 Å². The van der Waals surface area contributed by atoms with Crippen LogP contribution in [0.15, 0.2) is 6.20 Å². The summed E-state index contributed by atoms with van der Waals surface area (Å²) in [6.45, 7) is 11.7. The number of aryl methyl sites for hydroxylation is 1. The summed E-state index contributed by atoms with van der Waals surface area (Å²) in [4.78, 5) is 4.42. The van der Waals surface area contributed by atoms with E-state index >= 15 is 0 Å². The Morgan fingerprint density at radius 1 is 1.36 bits per heavy atom. The van der Waals surface area contributed by atoms with E-state index in [1.165, 1.54) is 16.8 Å². The third kappa shape index (κ3) is 2.06. The summed E-state index contributed by atoms with van der Waals surface area (Å²) >= 11 is 0. The maximum absolute atomic E-state index is 4.42. The first-order valence-electron chi connectivity index (χ1n) is 5.27. The molecular formula is C12H20N2. The van der Waals surface area contributed by atoms with E-state index in [9.17, 15) is 0 Å². The Bertz CT molecular complexity index is 316. The first-order valence-corrected chi connectivity index (χ1v) is 5.27. The minimum absolute atomic E-state index is 0.542. The highest BCUT2D eigenvalue weighted by molar-refractivity contribution is 5.57. The Morgan fingerprint density at radius 2 is 2.00 bits per heavy atom. The average Bonchev–Trinajstić information content (AvgIpc) is 2.11. The molecule has 1 N–H and O–H groups in total. The summed E-state index contributed by atoms with van der Waals surface area (Å²) in [6.07, 6.45) is 2.00. The standard InChI is InChI=1S/C12H20N2/c1-6-13-12-9(4)11(8(2)3)7-14-10(12)5/h7-8,13H,6H2,1-5H3. The minimum atomic E-state index is 0.542. The molecule has 0 radical (unpaired) electrons. The van der Waals surface area contributed by atoms with Gasteiger partial charge < -0.3 is 5.32 Å². The normalized spacial score (nSPS) is 10.7. The highest BCUT2D eigenvalue weighted by Gasteiger charge is 2.09. The number of nitrogens with one attached hydrogen (secondary N) is 1. The fourth-order valence-corrected chi connectivity index (χ4v) is 1.76. The highest BCUT2D eigenvalue weighted by Crippen LogP contribution is 2.26. The number of aromatic nitrogens is 1. The molecule has 2 heteroatoms. The monoisotopic (exact) mass is 192 g/mol. The van der Waals surface area contributed by atoms with Crippen LogP contribution in [0.1, 0.15) is 43.5 Å². The Hall–Kier alpha value is -1.05. The van der Waals surface area contributed by atoms with Crippen LogP contribution in [-0.4, -0.2) is 11.5 Å². The summed E-state index contributed by atoms with van der Waals surface area (Å²) in [7, 11) is 0. The van der Waals surface area contributed by atoms with Crippen LogP contribution >= 0.6 is 0 Å². The smallest absolute Gasteiger partial charge is 0.0606 e. The van der Waals surface area contributed by atoms with Crippen molar-refractivity contribution in [2.75, 3.05) is 11.9 Å². The van der Waals surface area contributed by atoms with Crippen LogP contribution in [0.2, 0.25) is 0 Å². The fraction of sp³-hybridized carbons (Fsp3) is 0.583. The van der Waals surface area contributed by atoms with Gasteiger partial charge in [0.25, 0.3) is 0 Å². The molecule has 0 aliphatic heterocycles. The molecule has 78 valence electrons. The molecule has 0 spiro atoms. The molecule has 0 unspecified atom stereocenters. The van der Waals surface area contributed by atoms with Crippen molar-refractivity contribution in [2.24, 2.45) is 0 Å². The molecule has 1 aromatic rings. The molecule has 0 aliphatic rings. The van der Waals surface area contributed by atoms with Crippen LogP contribution in [0.4, 0.5) is 5.69 Å². The van der Waals surface area contributed by atoms with Crippen LogP contribution in [0.5, 0.6) is 0 Å². The molecule has 2 nitrogen and oxygen atoms in total. The topological polar surface area (TPSA) is 24.9 Å². The minimum Gasteiger partial charge on any atom is -0.384 e. The van der Waals surface area contributed by atoms with Crippen molar-refractivity contribution in [3.8, 4) is 0 Å². The van der Waals surface area contributed by atoms with E-state index in [-0.39, 0.29) is 0 Å². The molecule has 0 aromatic carbocycles. The number of hydrogen-bond donors (Lipinski definition) is 1. The molecule has 0 saturated heterocycles. The third-order valence-electron chi connectivity index (χ3n) is 2.54. The second-order valence-corrected chi connectivity index (χ2v) is 3.98. The molecule has 0 bridgehead atoms. The number of anilines is 1. The lowest BCUT2D eigenvalue weighted by Gasteiger charge is -2.16. The van der Waals surface area contributed by atoms with Crippen molar-refractivity contribution in [2.45, 2.75) is 40.5 Å². The molecule has 0 fully saturated rings. The molecule has 1 heterocycles. The number of pyridine rings is 1. The molecule has 1 rings (SSSR count). The quantitative estimate of drug-likeness (QED) is 0.795. The van der Waals surface area contributed by atoms with E-state index in [4.69, 9.17) is 0 Å². The van der Waals surface area contributed by atoms with Gasteiger partial charge in [0.05, 0.1) is 11.4 Å². The zero-order valence-corrected chi connectivity index (χ0v) is 9.81. The van der Waals surface area contributed by atoms with E-state index in [0.717, 1.165) is 12.2 Å². The predicted molar refractivity (Wildman–Crippen MR) is 62.0 cm³/mol. The van der Waals surface area contributed by atoms with Crippen molar-refractivity contribution in [1.29, 1.82) is 0 Å². The highest BCUT2D eigenvalue weighted by atomic mass is 14.9. The first kappa shape index (κ1) is 11.0. The van der Waals surface area contributed by atoms with Crippen molar-refractivity contribution in [3.63, 3.8) is 0 Å². The number of rotatable bonds is 3. The third-order valence-corrected chi connectivity index (χ3v) is 2.54. The SMILES string of the molecule is CCNc1c(C)ncc(C(C)C)c1C. The lowest BCUT2D eigenvalue weighted by molar-refractivity contribution is 0.844. The van der Waals surface area contributed by atoms with Crippen LogP contribution in [0, 0.1) is 13.8 Å². The summed E-state index contributed by atoms with van der Waals surface area (Å²) < 4.78 is 0. The van der Waals surface area contributed by atoms with Gasteiger partial charge in [-0.05, 0) is 37.8 Å². The van der Waals surface area contributed by atoms with Gasteiger partial charge in [0.2, 0.25) is 0 Å². The molecule has 0 atom stereocenters. The molecule has 14 heavy (non-hydrogen) atoms. The Morgan fingerprint density at radius 3 is 2.50 bits per heavy atom. The molecule has 0 amide bonds.